The van der Waals surface area contributed by atoms with Gasteiger partial charge in [-0.15, -0.1) is 0 Å². The fourth-order valence-electron chi connectivity index (χ4n) is 3.37. The Bertz CT molecular complexity index is 386. The van der Waals surface area contributed by atoms with Crippen LogP contribution in [-0.2, 0) is 9.53 Å². The van der Waals surface area contributed by atoms with E-state index < -0.39 is 0 Å². The summed E-state index contributed by atoms with van der Waals surface area (Å²) in [5.41, 5.74) is -0.185. The zero-order chi connectivity index (χ0) is 14.8. The molecule has 2 aliphatic rings. The predicted octanol–water partition coefficient (Wildman–Crippen LogP) is 3.21. The molecular formula is C16H26FNO2. The molecule has 0 aromatic heterocycles. The third kappa shape index (κ3) is 3.40. The minimum Gasteiger partial charge on any atom is -0.469 e. The first-order valence-electron chi connectivity index (χ1n) is 7.64. The predicted molar refractivity (Wildman–Crippen MR) is 76.8 cm³/mol. The number of halogens is 1. The van der Waals surface area contributed by atoms with E-state index in [1.165, 1.54) is 26.4 Å². The maximum absolute atomic E-state index is 14.0. The Balaban J connectivity index is 1.83. The second kappa shape index (κ2) is 6.25. The highest BCUT2D eigenvalue weighted by Gasteiger charge is 2.61. The van der Waals surface area contributed by atoms with Crippen LogP contribution in [0, 0.1) is 17.3 Å². The Kier molecular flexibility index (Phi) is 4.84. The van der Waals surface area contributed by atoms with Crippen molar-refractivity contribution in [2.24, 2.45) is 17.3 Å². The molecule has 0 aromatic carbocycles. The summed E-state index contributed by atoms with van der Waals surface area (Å²) in [5.74, 6) is -0.625. The third-order valence-corrected chi connectivity index (χ3v) is 4.89. The van der Waals surface area contributed by atoms with Crippen LogP contribution in [0.5, 0.6) is 0 Å². The van der Waals surface area contributed by atoms with Crippen LogP contribution in [-0.4, -0.2) is 25.7 Å². The number of ether oxygens (including phenoxy) is 1. The summed E-state index contributed by atoms with van der Waals surface area (Å²) >= 11 is 0. The van der Waals surface area contributed by atoms with Gasteiger partial charge >= 0.3 is 5.97 Å². The zero-order valence-corrected chi connectivity index (χ0v) is 12.7. The summed E-state index contributed by atoms with van der Waals surface area (Å²) in [6, 6.07) is 0.450. The lowest BCUT2D eigenvalue weighted by Crippen LogP contribution is -2.32. The molecule has 0 bridgehead atoms. The monoisotopic (exact) mass is 283 g/mol. The van der Waals surface area contributed by atoms with Crippen LogP contribution in [0.2, 0.25) is 0 Å². The number of allylic oxidation sites excluding steroid dienone is 1. The molecule has 0 aromatic rings. The van der Waals surface area contributed by atoms with Gasteiger partial charge in [0.25, 0.3) is 0 Å². The second-order valence-electron chi connectivity index (χ2n) is 6.68. The van der Waals surface area contributed by atoms with Gasteiger partial charge in [0, 0.05) is 12.6 Å². The smallest absolute Gasteiger partial charge is 0.309 e. The van der Waals surface area contributed by atoms with Gasteiger partial charge in [0.15, 0.2) is 0 Å². The normalized spacial score (nSPS) is 30.1. The van der Waals surface area contributed by atoms with Crippen molar-refractivity contribution in [2.75, 3.05) is 13.7 Å². The molecule has 0 saturated heterocycles. The quantitative estimate of drug-likeness (QED) is 0.787. The molecule has 2 saturated carbocycles. The van der Waals surface area contributed by atoms with Crippen molar-refractivity contribution in [2.45, 2.75) is 52.0 Å². The van der Waals surface area contributed by atoms with E-state index in [1.807, 2.05) is 13.8 Å². The summed E-state index contributed by atoms with van der Waals surface area (Å²) in [6.45, 7) is 4.25. The Morgan fingerprint density at radius 2 is 2.00 bits per heavy atom. The number of methoxy groups -OCH3 is 1. The lowest BCUT2D eigenvalue weighted by Gasteiger charge is -2.22. The van der Waals surface area contributed by atoms with Gasteiger partial charge in [-0.2, -0.15) is 0 Å². The summed E-state index contributed by atoms with van der Waals surface area (Å²) in [7, 11) is 1.39. The Hall–Kier alpha value is -0.900. The average Bonchev–Trinajstić information content (AvgIpc) is 2.98. The lowest BCUT2D eigenvalue weighted by atomic mass is 9.95. The first-order chi connectivity index (χ1) is 9.46. The van der Waals surface area contributed by atoms with Gasteiger partial charge < -0.3 is 10.1 Å². The van der Waals surface area contributed by atoms with Gasteiger partial charge in [-0.1, -0.05) is 33.1 Å². The Morgan fingerprint density at radius 1 is 1.35 bits per heavy atom. The van der Waals surface area contributed by atoms with Gasteiger partial charge in [0.05, 0.1) is 13.0 Å². The molecule has 4 heteroatoms. The van der Waals surface area contributed by atoms with Crippen LogP contribution in [0.4, 0.5) is 4.39 Å². The number of carbonyl (C=O) groups is 1. The largest absolute Gasteiger partial charge is 0.469 e. The molecule has 2 atom stereocenters. The van der Waals surface area contributed by atoms with Gasteiger partial charge in [-0.3, -0.25) is 4.79 Å². The van der Waals surface area contributed by atoms with Crippen molar-refractivity contribution in [1.82, 2.24) is 5.32 Å². The molecule has 0 spiro atoms. The highest BCUT2D eigenvalue weighted by molar-refractivity contribution is 5.78. The molecule has 2 fully saturated rings. The molecule has 1 N–H and O–H groups in total. The van der Waals surface area contributed by atoms with Crippen LogP contribution in [0.25, 0.3) is 0 Å². The molecular weight excluding hydrogens is 257 g/mol. The fraction of sp³-hybridized carbons (Fsp3) is 0.812. The first kappa shape index (κ1) is 15.5. The molecule has 0 amide bonds. The van der Waals surface area contributed by atoms with E-state index in [9.17, 15) is 9.18 Å². The van der Waals surface area contributed by atoms with Crippen LogP contribution < -0.4 is 5.32 Å². The molecule has 0 heterocycles. The van der Waals surface area contributed by atoms with Gasteiger partial charge in [0.2, 0.25) is 0 Å². The number of hydrogen-bond acceptors (Lipinski definition) is 3. The number of nitrogens with one attached hydrogen (secondary N) is 1. The molecule has 3 nitrogen and oxygen atoms in total. The van der Waals surface area contributed by atoms with E-state index in [4.69, 9.17) is 4.74 Å². The molecule has 0 unspecified atom stereocenters. The van der Waals surface area contributed by atoms with Crippen molar-refractivity contribution in [3.05, 3.63) is 11.9 Å². The minimum atomic E-state index is -0.232. The number of hydrogen-bond donors (Lipinski definition) is 1. The van der Waals surface area contributed by atoms with E-state index in [0.717, 1.165) is 12.8 Å². The van der Waals surface area contributed by atoms with E-state index in [1.54, 1.807) is 6.08 Å². The molecule has 0 radical (unpaired) electrons. The van der Waals surface area contributed by atoms with Crippen molar-refractivity contribution in [3.63, 3.8) is 0 Å². The first-order valence-corrected chi connectivity index (χ1v) is 7.64. The highest BCUT2D eigenvalue weighted by atomic mass is 19.1. The number of esters is 1. The van der Waals surface area contributed by atoms with E-state index >= 15 is 0 Å². The van der Waals surface area contributed by atoms with Crippen LogP contribution >= 0.6 is 0 Å². The van der Waals surface area contributed by atoms with Crippen LogP contribution in [0.3, 0.4) is 0 Å². The van der Waals surface area contributed by atoms with Gasteiger partial charge in [-0.05, 0) is 30.3 Å². The topological polar surface area (TPSA) is 38.3 Å². The summed E-state index contributed by atoms with van der Waals surface area (Å²) in [4.78, 5) is 11.6. The average molecular weight is 283 g/mol. The van der Waals surface area contributed by atoms with Crippen molar-refractivity contribution < 1.29 is 13.9 Å². The van der Waals surface area contributed by atoms with Crippen molar-refractivity contribution in [3.8, 4) is 0 Å². The van der Waals surface area contributed by atoms with E-state index in [-0.39, 0.29) is 35.6 Å². The van der Waals surface area contributed by atoms with Crippen LogP contribution in [0.15, 0.2) is 11.9 Å². The molecule has 0 aliphatic heterocycles. The minimum absolute atomic E-state index is 0.0388. The Labute approximate surface area is 121 Å². The van der Waals surface area contributed by atoms with Gasteiger partial charge in [0.1, 0.15) is 5.83 Å². The van der Waals surface area contributed by atoms with Gasteiger partial charge in [-0.25, -0.2) is 4.39 Å². The zero-order valence-electron chi connectivity index (χ0n) is 12.7. The summed E-state index contributed by atoms with van der Waals surface area (Å²) < 4.78 is 18.7. The standard InChI is InChI=1S/C16H26FNO2/c1-16(2)13(14(16)15(19)20-3)9-11(17)10-18-12-7-5-4-6-8-12/h9,12-14,18H,4-8,10H2,1-3H3/b11-9-/t13-,14-/m1/s1. The number of rotatable bonds is 5. The van der Waals surface area contributed by atoms with E-state index in [2.05, 4.69) is 5.32 Å². The highest BCUT2D eigenvalue weighted by Crippen LogP contribution is 2.59. The number of carbonyl (C=O) groups excluding carboxylic acids is 1. The molecule has 2 aliphatic carbocycles. The van der Waals surface area contributed by atoms with Crippen molar-refractivity contribution >= 4 is 5.97 Å². The summed E-state index contributed by atoms with van der Waals surface area (Å²) in [6.07, 6.45) is 7.68. The molecule has 2 rings (SSSR count). The Morgan fingerprint density at radius 3 is 2.60 bits per heavy atom. The van der Waals surface area contributed by atoms with Crippen LogP contribution in [0.1, 0.15) is 46.0 Å². The van der Waals surface area contributed by atoms with Crippen molar-refractivity contribution in [1.29, 1.82) is 0 Å². The lowest BCUT2D eigenvalue weighted by molar-refractivity contribution is -0.143. The second-order valence-corrected chi connectivity index (χ2v) is 6.68. The van der Waals surface area contributed by atoms with E-state index in [0.29, 0.717) is 6.04 Å². The SMILES string of the molecule is COC(=O)[C@H]1[C@@H](/C=C(\F)CNC2CCCCC2)C1(C)C. The maximum atomic E-state index is 14.0. The maximum Gasteiger partial charge on any atom is 0.309 e. The third-order valence-electron chi connectivity index (χ3n) is 4.89. The molecule has 20 heavy (non-hydrogen) atoms. The fourth-order valence-corrected chi connectivity index (χ4v) is 3.37. The summed E-state index contributed by atoms with van der Waals surface area (Å²) in [5, 5.41) is 3.28. The molecule has 114 valence electrons.